The Bertz CT molecular complexity index is 693. The third-order valence-electron chi connectivity index (χ3n) is 3.00. The summed E-state index contributed by atoms with van der Waals surface area (Å²) in [4.78, 5) is 8.62. The quantitative estimate of drug-likeness (QED) is 0.744. The lowest BCUT2D eigenvalue weighted by Crippen LogP contribution is -2.16. The van der Waals surface area contributed by atoms with Gasteiger partial charge in [0.1, 0.15) is 22.2 Å². The molecule has 0 saturated heterocycles. The lowest BCUT2D eigenvalue weighted by Gasteiger charge is -2.18. The van der Waals surface area contributed by atoms with Crippen molar-refractivity contribution in [3.8, 4) is 0 Å². The summed E-state index contributed by atoms with van der Waals surface area (Å²) in [6.45, 7) is 0. The molecule has 0 saturated carbocycles. The van der Waals surface area contributed by atoms with Crippen LogP contribution in [0.5, 0.6) is 0 Å². The molecule has 0 spiro atoms. The van der Waals surface area contributed by atoms with Crippen molar-refractivity contribution in [2.24, 2.45) is 7.05 Å². The molecule has 1 unspecified atom stereocenters. The number of furan rings is 1. The van der Waals surface area contributed by atoms with E-state index in [1.807, 2.05) is 42.1 Å². The molecule has 3 rings (SSSR count). The van der Waals surface area contributed by atoms with Gasteiger partial charge in [0.15, 0.2) is 0 Å². The van der Waals surface area contributed by atoms with Gasteiger partial charge in [-0.3, -0.25) is 0 Å². The lowest BCUT2D eigenvalue weighted by atomic mass is 10.2. The van der Waals surface area contributed by atoms with Crippen LogP contribution in [0.25, 0.3) is 0 Å². The van der Waals surface area contributed by atoms with Gasteiger partial charge >= 0.3 is 0 Å². The molecule has 0 fully saturated rings. The van der Waals surface area contributed by atoms with E-state index in [9.17, 15) is 0 Å². The number of aryl methyl sites for hydroxylation is 1. The largest absolute Gasteiger partial charge is 0.467 e. The van der Waals surface area contributed by atoms with E-state index in [2.05, 4.69) is 31.2 Å². The molecule has 1 atom stereocenters. The van der Waals surface area contributed by atoms with Crippen LogP contribution in [-0.2, 0) is 7.05 Å². The predicted molar refractivity (Wildman–Crippen MR) is 79.3 cm³/mol. The fraction of sp³-hybridized carbons (Fsp3) is 0.143. The summed E-state index contributed by atoms with van der Waals surface area (Å²) in [5, 5.41) is 3.41. The molecule has 3 aromatic heterocycles. The summed E-state index contributed by atoms with van der Waals surface area (Å²) in [5.41, 5.74) is 0.886. The fourth-order valence-electron chi connectivity index (χ4n) is 2.02. The van der Waals surface area contributed by atoms with Crippen LogP contribution in [0.3, 0.4) is 0 Å². The van der Waals surface area contributed by atoms with Gasteiger partial charge in [-0.05, 0) is 40.2 Å². The Kier molecular flexibility index (Phi) is 3.56. The lowest BCUT2D eigenvalue weighted by molar-refractivity contribution is 0.488. The van der Waals surface area contributed by atoms with Crippen LogP contribution in [0.1, 0.15) is 17.6 Å². The van der Waals surface area contributed by atoms with E-state index in [4.69, 9.17) is 4.42 Å². The number of hydrogen-bond donors (Lipinski definition) is 1. The molecular formula is C14H13BrN4O. The van der Waals surface area contributed by atoms with Crippen LogP contribution in [0.15, 0.2) is 58.1 Å². The number of aromatic nitrogens is 3. The van der Waals surface area contributed by atoms with Gasteiger partial charge in [0.25, 0.3) is 0 Å². The second kappa shape index (κ2) is 5.50. The highest BCUT2D eigenvalue weighted by molar-refractivity contribution is 9.10. The molecule has 0 amide bonds. The summed E-state index contributed by atoms with van der Waals surface area (Å²) >= 11 is 3.44. The average Bonchev–Trinajstić information content (AvgIpc) is 3.10. The Morgan fingerprint density at radius 2 is 2.15 bits per heavy atom. The Labute approximate surface area is 124 Å². The Morgan fingerprint density at radius 3 is 2.80 bits per heavy atom. The van der Waals surface area contributed by atoms with Crippen molar-refractivity contribution in [1.29, 1.82) is 0 Å². The molecule has 102 valence electrons. The van der Waals surface area contributed by atoms with E-state index in [0.717, 1.165) is 21.9 Å². The zero-order chi connectivity index (χ0) is 13.9. The van der Waals surface area contributed by atoms with E-state index < -0.39 is 0 Å². The van der Waals surface area contributed by atoms with Crippen LogP contribution in [-0.4, -0.2) is 14.5 Å². The molecule has 3 heterocycles. The minimum Gasteiger partial charge on any atom is -0.467 e. The predicted octanol–water partition coefficient (Wildman–Crippen LogP) is 3.37. The molecule has 6 heteroatoms. The van der Waals surface area contributed by atoms with Crippen LogP contribution < -0.4 is 5.32 Å². The maximum atomic E-state index is 5.53. The van der Waals surface area contributed by atoms with Crippen LogP contribution in [0.2, 0.25) is 0 Å². The van der Waals surface area contributed by atoms with Gasteiger partial charge < -0.3 is 14.3 Å². The second-order valence-corrected chi connectivity index (χ2v) is 5.08. The Morgan fingerprint density at radius 1 is 1.25 bits per heavy atom. The average molecular weight is 333 g/mol. The molecule has 3 aromatic rings. The molecule has 0 radical (unpaired) electrons. The molecular weight excluding hydrogens is 320 g/mol. The van der Waals surface area contributed by atoms with Crippen molar-refractivity contribution in [2.45, 2.75) is 6.04 Å². The van der Waals surface area contributed by atoms with Crippen molar-refractivity contribution >= 4 is 21.6 Å². The van der Waals surface area contributed by atoms with Gasteiger partial charge in [-0.25, -0.2) is 9.97 Å². The summed E-state index contributed by atoms with van der Waals surface area (Å²) in [5.74, 6) is 1.67. The second-order valence-electron chi connectivity index (χ2n) is 4.33. The Hall–Kier alpha value is -2.08. The number of halogens is 1. The molecule has 0 aliphatic rings. The molecule has 0 aromatic carbocycles. The van der Waals surface area contributed by atoms with E-state index in [1.54, 1.807) is 18.7 Å². The first-order chi connectivity index (χ1) is 9.75. The van der Waals surface area contributed by atoms with Gasteiger partial charge in [0, 0.05) is 25.6 Å². The van der Waals surface area contributed by atoms with Gasteiger partial charge in [0.2, 0.25) is 0 Å². The topological polar surface area (TPSA) is 55.9 Å². The zero-order valence-corrected chi connectivity index (χ0v) is 12.4. The standard InChI is InChI=1S/C14H13BrN4O/c1-19-8-7-17-14(19)12(11-5-3-9-20-11)18-10-4-2-6-16-13(10)15/h2-9,12,18H,1H3. The van der Waals surface area contributed by atoms with Gasteiger partial charge in [-0.15, -0.1) is 0 Å². The van der Waals surface area contributed by atoms with Crippen molar-refractivity contribution in [3.63, 3.8) is 0 Å². The molecule has 20 heavy (non-hydrogen) atoms. The number of hydrogen-bond acceptors (Lipinski definition) is 4. The van der Waals surface area contributed by atoms with Crippen LogP contribution in [0, 0.1) is 0 Å². The highest BCUT2D eigenvalue weighted by Gasteiger charge is 2.21. The van der Waals surface area contributed by atoms with Gasteiger partial charge in [-0.1, -0.05) is 0 Å². The monoisotopic (exact) mass is 332 g/mol. The van der Waals surface area contributed by atoms with E-state index >= 15 is 0 Å². The maximum Gasteiger partial charge on any atom is 0.143 e. The smallest absolute Gasteiger partial charge is 0.143 e. The number of nitrogens with zero attached hydrogens (tertiary/aromatic N) is 3. The van der Waals surface area contributed by atoms with Gasteiger partial charge in [0.05, 0.1) is 12.0 Å². The Balaban J connectivity index is 1.99. The van der Waals surface area contributed by atoms with Gasteiger partial charge in [-0.2, -0.15) is 0 Å². The molecule has 0 bridgehead atoms. The number of rotatable bonds is 4. The maximum absolute atomic E-state index is 5.53. The van der Waals surface area contributed by atoms with Crippen LogP contribution in [0.4, 0.5) is 5.69 Å². The summed E-state index contributed by atoms with van der Waals surface area (Å²) in [7, 11) is 1.96. The number of nitrogens with one attached hydrogen (secondary N) is 1. The van der Waals surface area contributed by atoms with E-state index in [0.29, 0.717) is 0 Å². The van der Waals surface area contributed by atoms with Crippen molar-refractivity contribution in [2.75, 3.05) is 5.32 Å². The first-order valence-electron chi connectivity index (χ1n) is 6.13. The summed E-state index contributed by atoms with van der Waals surface area (Å²) in [6.07, 6.45) is 7.07. The number of imidazole rings is 1. The van der Waals surface area contributed by atoms with Crippen molar-refractivity contribution in [3.05, 3.63) is 65.3 Å². The molecule has 0 aliphatic heterocycles. The first-order valence-corrected chi connectivity index (χ1v) is 6.92. The van der Waals surface area contributed by atoms with Crippen LogP contribution >= 0.6 is 15.9 Å². The number of anilines is 1. The molecule has 0 aliphatic carbocycles. The van der Waals surface area contributed by atoms with Crippen molar-refractivity contribution < 1.29 is 4.42 Å². The SMILES string of the molecule is Cn1ccnc1C(Nc1cccnc1Br)c1ccco1. The first kappa shape index (κ1) is 12.9. The normalized spacial score (nSPS) is 12.3. The fourth-order valence-corrected chi connectivity index (χ4v) is 2.39. The highest BCUT2D eigenvalue weighted by atomic mass is 79.9. The van der Waals surface area contributed by atoms with E-state index in [-0.39, 0.29) is 6.04 Å². The van der Waals surface area contributed by atoms with E-state index in [1.165, 1.54) is 0 Å². The minimum atomic E-state index is -0.175. The third kappa shape index (κ3) is 2.46. The minimum absolute atomic E-state index is 0.175. The zero-order valence-electron chi connectivity index (χ0n) is 10.8. The summed E-state index contributed by atoms with van der Waals surface area (Å²) in [6, 6.07) is 7.45. The van der Waals surface area contributed by atoms with Crippen molar-refractivity contribution in [1.82, 2.24) is 14.5 Å². The molecule has 5 nitrogen and oxygen atoms in total. The highest BCUT2D eigenvalue weighted by Crippen LogP contribution is 2.28. The number of pyridine rings is 1. The third-order valence-corrected chi connectivity index (χ3v) is 3.64. The molecule has 1 N–H and O–H groups in total. The summed E-state index contributed by atoms with van der Waals surface area (Å²) < 4.78 is 8.25.